The van der Waals surface area contributed by atoms with Crippen LogP contribution in [-0.2, 0) is 20.7 Å². The van der Waals surface area contributed by atoms with E-state index < -0.39 is 11.4 Å². The average molecular weight is 386 g/mol. The Morgan fingerprint density at radius 1 is 1.39 bits per heavy atom. The van der Waals surface area contributed by atoms with Gasteiger partial charge in [-0.25, -0.2) is 0 Å². The van der Waals surface area contributed by atoms with E-state index in [0.717, 1.165) is 10.0 Å². The van der Waals surface area contributed by atoms with Crippen molar-refractivity contribution in [3.8, 4) is 5.75 Å². The Kier molecular flexibility index (Phi) is 6.01. The van der Waals surface area contributed by atoms with Crippen molar-refractivity contribution in [3.63, 3.8) is 0 Å². The SMILES string of the molecule is COc1ccc(Br)c(CC(=O)NCC2(C(=O)O)CCOCC2)c1. The molecular formula is C16H20BrNO5. The first kappa shape index (κ1) is 17.7. The molecule has 1 aromatic carbocycles. The maximum Gasteiger partial charge on any atom is 0.311 e. The van der Waals surface area contributed by atoms with Crippen LogP contribution < -0.4 is 10.1 Å². The molecule has 0 radical (unpaired) electrons. The van der Waals surface area contributed by atoms with Gasteiger partial charge in [-0.3, -0.25) is 9.59 Å². The van der Waals surface area contributed by atoms with Crippen LogP contribution in [0.5, 0.6) is 5.75 Å². The van der Waals surface area contributed by atoms with Crippen LogP contribution in [0.3, 0.4) is 0 Å². The number of hydrogen-bond acceptors (Lipinski definition) is 4. The topological polar surface area (TPSA) is 84.9 Å². The highest BCUT2D eigenvalue weighted by Crippen LogP contribution is 2.30. The molecule has 1 aliphatic rings. The first-order chi connectivity index (χ1) is 11.0. The van der Waals surface area contributed by atoms with Crippen LogP contribution in [0.1, 0.15) is 18.4 Å². The highest BCUT2D eigenvalue weighted by Gasteiger charge is 2.40. The van der Waals surface area contributed by atoms with E-state index in [1.165, 1.54) is 0 Å². The van der Waals surface area contributed by atoms with Crippen LogP contribution in [0.15, 0.2) is 22.7 Å². The molecule has 6 nitrogen and oxygen atoms in total. The predicted octanol–water partition coefficient (Wildman–Crippen LogP) is 2.00. The number of methoxy groups -OCH3 is 1. The van der Waals surface area contributed by atoms with Gasteiger partial charge in [0.15, 0.2) is 0 Å². The van der Waals surface area contributed by atoms with Gasteiger partial charge in [0, 0.05) is 24.2 Å². The zero-order valence-corrected chi connectivity index (χ0v) is 14.5. The number of nitrogens with one attached hydrogen (secondary N) is 1. The van der Waals surface area contributed by atoms with Gasteiger partial charge < -0.3 is 19.9 Å². The average Bonchev–Trinajstić information content (AvgIpc) is 2.55. The van der Waals surface area contributed by atoms with Crippen LogP contribution in [0.2, 0.25) is 0 Å². The summed E-state index contributed by atoms with van der Waals surface area (Å²) in [4.78, 5) is 23.7. The second-order valence-corrected chi connectivity index (χ2v) is 6.46. The van der Waals surface area contributed by atoms with Gasteiger partial charge in [-0.15, -0.1) is 0 Å². The summed E-state index contributed by atoms with van der Waals surface area (Å²) >= 11 is 3.40. The Morgan fingerprint density at radius 2 is 2.09 bits per heavy atom. The van der Waals surface area contributed by atoms with Crippen LogP contribution in [0.4, 0.5) is 0 Å². The van der Waals surface area contributed by atoms with Gasteiger partial charge in [0.2, 0.25) is 5.91 Å². The zero-order chi connectivity index (χ0) is 16.9. The summed E-state index contributed by atoms with van der Waals surface area (Å²) in [5, 5.41) is 12.2. The fourth-order valence-corrected chi connectivity index (χ4v) is 2.93. The Labute approximate surface area is 143 Å². The zero-order valence-electron chi connectivity index (χ0n) is 12.9. The van der Waals surface area contributed by atoms with Gasteiger partial charge in [0.05, 0.1) is 18.9 Å². The Balaban J connectivity index is 1.98. The summed E-state index contributed by atoms with van der Waals surface area (Å²) in [6.07, 6.45) is 0.973. The van der Waals surface area contributed by atoms with E-state index in [1.807, 2.05) is 6.07 Å². The van der Waals surface area contributed by atoms with E-state index in [4.69, 9.17) is 9.47 Å². The normalized spacial score (nSPS) is 16.6. The smallest absolute Gasteiger partial charge is 0.311 e. The number of benzene rings is 1. The monoisotopic (exact) mass is 385 g/mol. The number of carboxylic acid groups (broad SMARTS) is 1. The summed E-state index contributed by atoms with van der Waals surface area (Å²) in [7, 11) is 1.56. The lowest BCUT2D eigenvalue weighted by atomic mass is 9.80. The van der Waals surface area contributed by atoms with Gasteiger partial charge in [-0.1, -0.05) is 15.9 Å². The second kappa shape index (κ2) is 7.79. The quantitative estimate of drug-likeness (QED) is 0.781. The first-order valence-electron chi connectivity index (χ1n) is 7.37. The number of rotatable bonds is 6. The maximum atomic E-state index is 12.2. The standard InChI is InChI=1S/C16H20BrNO5/c1-22-12-2-3-13(17)11(8-12)9-14(19)18-10-16(15(20)21)4-6-23-7-5-16/h2-3,8H,4-7,9-10H2,1H3,(H,18,19)(H,20,21). The molecule has 23 heavy (non-hydrogen) atoms. The number of carboxylic acids is 1. The molecule has 0 saturated carbocycles. The number of halogens is 1. The van der Waals surface area contributed by atoms with Crippen molar-refractivity contribution < 1.29 is 24.2 Å². The summed E-state index contributed by atoms with van der Waals surface area (Å²) < 4.78 is 11.2. The summed E-state index contributed by atoms with van der Waals surface area (Å²) in [5.74, 6) is -0.433. The minimum absolute atomic E-state index is 0.117. The van der Waals surface area contributed by atoms with Gasteiger partial charge in [0.1, 0.15) is 5.75 Å². The second-order valence-electron chi connectivity index (χ2n) is 5.61. The Bertz CT molecular complexity index is 584. The molecule has 7 heteroatoms. The van der Waals surface area contributed by atoms with Gasteiger partial charge in [-0.2, -0.15) is 0 Å². The molecule has 0 atom stereocenters. The fourth-order valence-electron chi connectivity index (χ4n) is 2.55. The summed E-state index contributed by atoms with van der Waals surface area (Å²) in [6.45, 7) is 0.930. The van der Waals surface area contributed by atoms with E-state index in [2.05, 4.69) is 21.2 Å². The lowest BCUT2D eigenvalue weighted by Crippen LogP contribution is -2.46. The lowest BCUT2D eigenvalue weighted by Gasteiger charge is -2.33. The van der Waals surface area contributed by atoms with E-state index >= 15 is 0 Å². The third kappa shape index (κ3) is 4.45. The number of aliphatic carboxylic acids is 1. The van der Waals surface area contributed by atoms with Crippen molar-refractivity contribution >= 4 is 27.8 Å². The van der Waals surface area contributed by atoms with Crippen molar-refractivity contribution in [3.05, 3.63) is 28.2 Å². The minimum atomic E-state index is -0.931. The molecule has 1 aromatic rings. The number of hydrogen-bond donors (Lipinski definition) is 2. The molecule has 0 aliphatic carbocycles. The predicted molar refractivity (Wildman–Crippen MR) is 87.5 cm³/mol. The number of ether oxygens (including phenoxy) is 2. The van der Waals surface area contributed by atoms with Gasteiger partial charge in [-0.05, 0) is 36.6 Å². The fraction of sp³-hybridized carbons (Fsp3) is 0.500. The van der Waals surface area contributed by atoms with Crippen molar-refractivity contribution in [1.82, 2.24) is 5.32 Å². The van der Waals surface area contributed by atoms with Crippen molar-refractivity contribution in [1.29, 1.82) is 0 Å². The lowest BCUT2D eigenvalue weighted by molar-refractivity contribution is -0.154. The summed E-state index contributed by atoms with van der Waals surface area (Å²) in [5.41, 5.74) is -0.141. The van der Waals surface area contributed by atoms with Gasteiger partial charge in [0.25, 0.3) is 0 Å². The molecule has 2 rings (SSSR count). The highest BCUT2D eigenvalue weighted by atomic mass is 79.9. The third-order valence-electron chi connectivity index (χ3n) is 4.13. The van der Waals surface area contributed by atoms with Crippen LogP contribution >= 0.6 is 15.9 Å². The van der Waals surface area contributed by atoms with Crippen LogP contribution in [0, 0.1) is 5.41 Å². The number of carbonyl (C=O) groups is 2. The molecule has 1 fully saturated rings. The third-order valence-corrected chi connectivity index (χ3v) is 4.91. The van der Waals surface area contributed by atoms with Gasteiger partial charge >= 0.3 is 5.97 Å². The van der Waals surface area contributed by atoms with Crippen molar-refractivity contribution in [2.45, 2.75) is 19.3 Å². The molecule has 0 spiro atoms. The Hall–Kier alpha value is -1.60. The van der Waals surface area contributed by atoms with E-state index in [1.54, 1.807) is 19.2 Å². The van der Waals surface area contributed by atoms with E-state index in [-0.39, 0.29) is 18.9 Å². The van der Waals surface area contributed by atoms with E-state index in [0.29, 0.717) is 31.8 Å². The molecular weight excluding hydrogens is 366 g/mol. The number of amides is 1. The highest BCUT2D eigenvalue weighted by molar-refractivity contribution is 9.10. The first-order valence-corrected chi connectivity index (χ1v) is 8.16. The minimum Gasteiger partial charge on any atom is -0.497 e. The molecule has 126 valence electrons. The molecule has 0 bridgehead atoms. The van der Waals surface area contributed by atoms with Crippen LogP contribution in [0.25, 0.3) is 0 Å². The molecule has 1 heterocycles. The van der Waals surface area contributed by atoms with Crippen molar-refractivity contribution in [2.24, 2.45) is 5.41 Å². The maximum absolute atomic E-state index is 12.2. The molecule has 1 saturated heterocycles. The van der Waals surface area contributed by atoms with E-state index in [9.17, 15) is 14.7 Å². The molecule has 0 unspecified atom stereocenters. The molecule has 0 aromatic heterocycles. The van der Waals surface area contributed by atoms with Crippen molar-refractivity contribution in [2.75, 3.05) is 26.9 Å². The largest absolute Gasteiger partial charge is 0.497 e. The number of carbonyl (C=O) groups excluding carboxylic acids is 1. The molecule has 2 N–H and O–H groups in total. The molecule has 1 amide bonds. The molecule has 1 aliphatic heterocycles. The Morgan fingerprint density at radius 3 is 2.70 bits per heavy atom. The summed E-state index contributed by atoms with van der Waals surface area (Å²) in [6, 6.07) is 5.40. The van der Waals surface area contributed by atoms with Crippen LogP contribution in [-0.4, -0.2) is 43.9 Å².